The van der Waals surface area contributed by atoms with Crippen LogP contribution in [0.3, 0.4) is 0 Å². The molecule has 100 valence electrons. The zero-order valence-electron chi connectivity index (χ0n) is 10.4. The van der Waals surface area contributed by atoms with E-state index in [0.717, 1.165) is 15.8 Å². The lowest BCUT2D eigenvalue weighted by molar-refractivity contribution is -0.138. The zero-order chi connectivity index (χ0) is 13.9. The fourth-order valence-corrected chi connectivity index (χ4v) is 2.75. The molecule has 5 nitrogen and oxygen atoms in total. The first-order chi connectivity index (χ1) is 9.75. The van der Waals surface area contributed by atoms with Crippen LogP contribution in [0, 0.1) is 0 Å². The Hall–Kier alpha value is -2.47. The Labute approximate surface area is 118 Å². The first kappa shape index (κ1) is 12.6. The Morgan fingerprint density at radius 3 is 2.85 bits per heavy atom. The highest BCUT2D eigenvalue weighted by molar-refractivity contribution is 7.10. The van der Waals surface area contributed by atoms with E-state index in [2.05, 4.69) is 15.5 Å². The summed E-state index contributed by atoms with van der Waals surface area (Å²) in [5.41, 5.74) is 1.39. The topological polar surface area (TPSA) is 75.1 Å². The average Bonchev–Trinajstić information content (AvgIpc) is 2.98. The molecule has 0 saturated heterocycles. The third kappa shape index (κ3) is 2.33. The molecule has 3 rings (SSSR count). The van der Waals surface area contributed by atoms with E-state index in [1.165, 1.54) is 11.3 Å². The zero-order valence-corrected chi connectivity index (χ0v) is 11.2. The lowest BCUT2D eigenvalue weighted by atomic mass is 10.2. The summed E-state index contributed by atoms with van der Waals surface area (Å²) >= 11 is 1.40. The number of hydrogen-bond acceptors (Lipinski definition) is 5. The summed E-state index contributed by atoms with van der Waals surface area (Å²) in [6.45, 7) is 0. The van der Waals surface area contributed by atoms with Crippen LogP contribution in [0.2, 0.25) is 0 Å². The van der Waals surface area contributed by atoms with E-state index >= 15 is 0 Å². The Morgan fingerprint density at radius 1 is 1.25 bits per heavy atom. The number of thiophene rings is 1. The number of nitrogens with zero attached hydrogens (tertiary/aromatic N) is 2. The largest absolute Gasteiger partial charge is 0.479 e. The third-order valence-corrected chi connectivity index (χ3v) is 3.86. The highest BCUT2D eigenvalue weighted by atomic mass is 32.1. The van der Waals surface area contributed by atoms with E-state index < -0.39 is 12.0 Å². The van der Waals surface area contributed by atoms with Crippen LogP contribution in [0.5, 0.6) is 0 Å². The Balaban J connectivity index is 2.01. The number of carboxylic acids is 1. The van der Waals surface area contributed by atoms with Crippen molar-refractivity contribution >= 4 is 33.9 Å². The maximum absolute atomic E-state index is 11.4. The van der Waals surface area contributed by atoms with Gasteiger partial charge in [-0.05, 0) is 17.5 Å². The molecule has 1 unspecified atom stereocenters. The van der Waals surface area contributed by atoms with Gasteiger partial charge in [-0.15, -0.1) is 11.3 Å². The van der Waals surface area contributed by atoms with E-state index in [1.54, 1.807) is 12.3 Å². The highest BCUT2D eigenvalue weighted by Gasteiger charge is 2.21. The number of anilines is 1. The molecule has 0 spiro atoms. The van der Waals surface area contributed by atoms with Gasteiger partial charge >= 0.3 is 5.97 Å². The summed E-state index contributed by atoms with van der Waals surface area (Å²) in [4.78, 5) is 12.2. The van der Waals surface area contributed by atoms with Gasteiger partial charge in [0.25, 0.3) is 0 Å². The fourth-order valence-electron chi connectivity index (χ4n) is 1.99. The van der Waals surface area contributed by atoms with Crippen molar-refractivity contribution in [1.82, 2.24) is 10.2 Å². The second-order valence-electron chi connectivity index (χ2n) is 4.21. The van der Waals surface area contributed by atoms with E-state index in [-0.39, 0.29) is 0 Å². The van der Waals surface area contributed by atoms with E-state index in [9.17, 15) is 9.90 Å². The van der Waals surface area contributed by atoms with Crippen molar-refractivity contribution in [2.45, 2.75) is 6.04 Å². The maximum Gasteiger partial charge on any atom is 0.331 e. The summed E-state index contributed by atoms with van der Waals surface area (Å²) in [6, 6.07) is 10.3. The van der Waals surface area contributed by atoms with Crippen LogP contribution in [-0.4, -0.2) is 21.3 Å². The molecule has 0 fully saturated rings. The van der Waals surface area contributed by atoms with Crippen LogP contribution in [0.4, 0.5) is 5.69 Å². The molecular formula is C14H11N3O2S. The minimum atomic E-state index is -0.923. The number of benzene rings is 1. The third-order valence-electron chi connectivity index (χ3n) is 2.92. The predicted molar refractivity (Wildman–Crippen MR) is 77.9 cm³/mol. The van der Waals surface area contributed by atoms with Crippen molar-refractivity contribution < 1.29 is 9.90 Å². The second kappa shape index (κ2) is 5.26. The van der Waals surface area contributed by atoms with Gasteiger partial charge in [-0.2, -0.15) is 10.2 Å². The normalized spacial score (nSPS) is 12.2. The van der Waals surface area contributed by atoms with Gasteiger partial charge in [-0.3, -0.25) is 0 Å². The second-order valence-corrected chi connectivity index (χ2v) is 5.19. The monoisotopic (exact) mass is 285 g/mol. The van der Waals surface area contributed by atoms with Gasteiger partial charge in [0.15, 0.2) is 6.04 Å². The molecule has 0 amide bonds. The van der Waals surface area contributed by atoms with Gasteiger partial charge in [-0.1, -0.05) is 24.3 Å². The van der Waals surface area contributed by atoms with Crippen LogP contribution in [0.1, 0.15) is 10.9 Å². The standard InChI is InChI=1S/C14H11N3O2S/c18-14(19)13(12-6-3-7-20-12)16-11-8-15-17-10-5-2-1-4-9(10)11/h1-8,13H,(H,16,17)(H,18,19). The summed E-state index contributed by atoms with van der Waals surface area (Å²) in [5, 5.41) is 23.1. The van der Waals surface area contributed by atoms with Gasteiger partial charge in [-0.25, -0.2) is 4.79 Å². The number of carboxylic acid groups (broad SMARTS) is 1. The first-order valence-corrected chi connectivity index (χ1v) is 6.87. The number of fused-ring (bicyclic) bond motifs is 1. The highest BCUT2D eigenvalue weighted by Crippen LogP contribution is 2.27. The molecule has 20 heavy (non-hydrogen) atoms. The van der Waals surface area contributed by atoms with Gasteiger partial charge in [0.2, 0.25) is 0 Å². The lowest BCUT2D eigenvalue weighted by Gasteiger charge is -2.15. The van der Waals surface area contributed by atoms with Crippen molar-refractivity contribution in [3.8, 4) is 0 Å². The molecule has 2 N–H and O–H groups in total. The molecule has 2 aromatic heterocycles. The Morgan fingerprint density at radius 2 is 2.10 bits per heavy atom. The number of hydrogen-bond donors (Lipinski definition) is 2. The minimum absolute atomic E-state index is 0.663. The molecule has 2 heterocycles. The number of carbonyl (C=O) groups is 1. The lowest BCUT2D eigenvalue weighted by Crippen LogP contribution is -2.19. The predicted octanol–water partition coefficient (Wildman–Crippen LogP) is 2.93. The molecular weight excluding hydrogens is 274 g/mol. The van der Waals surface area contributed by atoms with Gasteiger partial charge < -0.3 is 10.4 Å². The van der Waals surface area contributed by atoms with E-state index in [0.29, 0.717) is 5.69 Å². The van der Waals surface area contributed by atoms with Gasteiger partial charge in [0.1, 0.15) is 0 Å². The van der Waals surface area contributed by atoms with Crippen molar-refractivity contribution in [1.29, 1.82) is 0 Å². The maximum atomic E-state index is 11.4. The molecule has 0 aliphatic rings. The summed E-state index contributed by atoms with van der Waals surface area (Å²) in [6.07, 6.45) is 1.55. The smallest absolute Gasteiger partial charge is 0.331 e. The summed E-state index contributed by atoms with van der Waals surface area (Å²) in [5.74, 6) is -0.923. The molecule has 0 aliphatic heterocycles. The number of aromatic nitrogens is 2. The average molecular weight is 285 g/mol. The molecule has 0 radical (unpaired) electrons. The van der Waals surface area contributed by atoms with Crippen molar-refractivity contribution in [2.24, 2.45) is 0 Å². The molecule has 0 aliphatic carbocycles. The molecule has 1 atom stereocenters. The SMILES string of the molecule is O=C(O)C(Nc1cnnc2ccccc12)c1cccs1. The van der Waals surface area contributed by atoms with E-state index in [1.807, 2.05) is 35.7 Å². The van der Waals surface area contributed by atoms with Crippen LogP contribution < -0.4 is 5.32 Å². The van der Waals surface area contributed by atoms with Crippen LogP contribution in [-0.2, 0) is 4.79 Å². The Kier molecular flexibility index (Phi) is 3.30. The number of aliphatic carboxylic acids is 1. The van der Waals surface area contributed by atoms with Crippen molar-refractivity contribution in [3.05, 3.63) is 52.9 Å². The van der Waals surface area contributed by atoms with E-state index in [4.69, 9.17) is 0 Å². The number of nitrogens with one attached hydrogen (secondary N) is 1. The fraction of sp³-hybridized carbons (Fsp3) is 0.0714. The van der Waals surface area contributed by atoms with Crippen LogP contribution >= 0.6 is 11.3 Å². The number of rotatable bonds is 4. The van der Waals surface area contributed by atoms with Crippen molar-refractivity contribution in [2.75, 3.05) is 5.32 Å². The van der Waals surface area contributed by atoms with Gasteiger partial charge in [0, 0.05) is 10.3 Å². The molecule has 3 aromatic rings. The van der Waals surface area contributed by atoms with Crippen LogP contribution in [0.15, 0.2) is 48.0 Å². The molecule has 0 saturated carbocycles. The molecule has 0 bridgehead atoms. The van der Waals surface area contributed by atoms with Crippen molar-refractivity contribution in [3.63, 3.8) is 0 Å². The Bertz CT molecular complexity index is 738. The molecule has 1 aromatic carbocycles. The minimum Gasteiger partial charge on any atom is -0.479 e. The quantitative estimate of drug-likeness (QED) is 0.771. The molecule has 6 heteroatoms. The van der Waals surface area contributed by atoms with Crippen LogP contribution in [0.25, 0.3) is 10.9 Å². The summed E-state index contributed by atoms with van der Waals surface area (Å²) in [7, 11) is 0. The summed E-state index contributed by atoms with van der Waals surface area (Å²) < 4.78 is 0. The van der Waals surface area contributed by atoms with Gasteiger partial charge in [0.05, 0.1) is 17.4 Å². The first-order valence-electron chi connectivity index (χ1n) is 5.99.